The lowest BCUT2D eigenvalue weighted by atomic mass is 10.1. The summed E-state index contributed by atoms with van der Waals surface area (Å²) in [7, 11) is 2.03. The van der Waals surface area contributed by atoms with E-state index in [1.165, 1.54) is 16.5 Å². The molecule has 0 heterocycles. The molecule has 0 saturated carbocycles. The van der Waals surface area contributed by atoms with Crippen LogP contribution < -0.4 is 0 Å². The van der Waals surface area contributed by atoms with Crippen LogP contribution in [0.15, 0.2) is 53.4 Å². The van der Waals surface area contributed by atoms with E-state index in [-0.39, 0.29) is 16.7 Å². The molecule has 4 nitrogen and oxygen atoms in total. The minimum Gasteiger partial charge on any atom is -0.295 e. The van der Waals surface area contributed by atoms with Crippen LogP contribution >= 0.6 is 11.8 Å². The Bertz CT molecular complexity index is 643. The highest BCUT2D eigenvalue weighted by Crippen LogP contribution is 2.24. The second-order valence-electron chi connectivity index (χ2n) is 5.29. The first-order valence-corrected chi connectivity index (χ1v) is 8.31. The van der Waals surface area contributed by atoms with Gasteiger partial charge in [-0.1, -0.05) is 24.3 Å². The van der Waals surface area contributed by atoms with Gasteiger partial charge in [0.15, 0.2) is 0 Å². The zero-order valence-corrected chi connectivity index (χ0v) is 13.8. The number of nitro benzene ring substituents is 1. The zero-order chi connectivity index (χ0) is 16.1. The summed E-state index contributed by atoms with van der Waals surface area (Å²) in [5.74, 6) is 0. The Morgan fingerprint density at radius 2 is 1.91 bits per heavy atom. The van der Waals surface area contributed by atoms with Crippen molar-refractivity contribution in [3.05, 3.63) is 69.8 Å². The third kappa shape index (κ3) is 4.08. The molecule has 116 valence electrons. The van der Waals surface area contributed by atoms with E-state index in [1.807, 2.05) is 13.1 Å². The second-order valence-corrected chi connectivity index (χ2v) is 6.17. The average Bonchev–Trinajstić information content (AvgIpc) is 2.54. The maximum atomic E-state index is 10.9. The highest BCUT2D eigenvalue weighted by Gasteiger charge is 2.15. The molecular weight excluding hydrogens is 296 g/mol. The molecular formula is C17H20N2O2S. The number of benzene rings is 2. The molecule has 0 aliphatic heterocycles. The molecule has 0 aromatic heterocycles. The summed E-state index contributed by atoms with van der Waals surface area (Å²) in [5, 5.41) is 10.9. The van der Waals surface area contributed by atoms with Crippen molar-refractivity contribution in [2.24, 2.45) is 0 Å². The monoisotopic (exact) mass is 316 g/mol. The summed E-state index contributed by atoms with van der Waals surface area (Å²) in [6, 6.07) is 15.5. The van der Waals surface area contributed by atoms with E-state index in [0.29, 0.717) is 0 Å². The van der Waals surface area contributed by atoms with Crippen molar-refractivity contribution in [3.63, 3.8) is 0 Å². The summed E-state index contributed by atoms with van der Waals surface area (Å²) < 4.78 is 0. The lowest BCUT2D eigenvalue weighted by Crippen LogP contribution is -2.21. The number of nitro groups is 1. The first kappa shape index (κ1) is 16.5. The van der Waals surface area contributed by atoms with Gasteiger partial charge in [0.05, 0.1) is 4.92 Å². The molecule has 0 fully saturated rings. The van der Waals surface area contributed by atoms with Crippen LogP contribution in [0.4, 0.5) is 5.69 Å². The van der Waals surface area contributed by atoms with E-state index < -0.39 is 0 Å². The Labute approximate surface area is 135 Å². The Kier molecular flexibility index (Phi) is 5.57. The zero-order valence-electron chi connectivity index (χ0n) is 13.0. The highest BCUT2D eigenvalue weighted by atomic mass is 32.2. The normalized spacial score (nSPS) is 12.4. The first-order valence-electron chi connectivity index (χ1n) is 7.09. The third-order valence-corrected chi connectivity index (χ3v) is 4.56. The van der Waals surface area contributed by atoms with Crippen molar-refractivity contribution < 1.29 is 4.92 Å². The van der Waals surface area contributed by atoms with Crippen LogP contribution in [0.2, 0.25) is 0 Å². The first-order chi connectivity index (χ1) is 10.5. The maximum Gasteiger partial charge on any atom is 0.269 e. The van der Waals surface area contributed by atoms with Gasteiger partial charge in [-0.3, -0.25) is 15.0 Å². The van der Waals surface area contributed by atoms with Gasteiger partial charge in [0.1, 0.15) is 0 Å². The molecule has 5 heteroatoms. The quantitative estimate of drug-likeness (QED) is 0.447. The lowest BCUT2D eigenvalue weighted by Gasteiger charge is -2.25. The van der Waals surface area contributed by atoms with Crippen LogP contribution in [0.5, 0.6) is 0 Å². The number of rotatable bonds is 6. The predicted octanol–water partition coefficient (Wildman–Crippen LogP) is 4.51. The molecule has 2 aromatic carbocycles. The third-order valence-electron chi connectivity index (χ3n) is 3.82. The molecule has 1 unspecified atom stereocenters. The summed E-state index contributed by atoms with van der Waals surface area (Å²) in [6.07, 6.45) is 2.06. The predicted molar refractivity (Wildman–Crippen MR) is 91.2 cm³/mol. The molecule has 2 aromatic rings. The van der Waals surface area contributed by atoms with E-state index in [0.717, 1.165) is 12.1 Å². The number of nitrogens with zero attached hydrogens (tertiary/aromatic N) is 2. The number of hydrogen-bond acceptors (Lipinski definition) is 4. The molecule has 0 N–H and O–H groups in total. The van der Waals surface area contributed by atoms with Crippen LogP contribution in [0.1, 0.15) is 24.1 Å². The molecule has 0 saturated heterocycles. The van der Waals surface area contributed by atoms with E-state index in [1.54, 1.807) is 23.9 Å². The van der Waals surface area contributed by atoms with Gasteiger partial charge in [0.2, 0.25) is 0 Å². The molecule has 0 aliphatic rings. The highest BCUT2D eigenvalue weighted by molar-refractivity contribution is 7.98. The minimum atomic E-state index is -0.350. The Morgan fingerprint density at radius 3 is 2.50 bits per heavy atom. The lowest BCUT2D eigenvalue weighted by molar-refractivity contribution is -0.384. The number of non-ortho nitro benzene ring substituents is 1. The molecule has 2 rings (SSSR count). The van der Waals surface area contributed by atoms with Crippen molar-refractivity contribution in [1.29, 1.82) is 0 Å². The van der Waals surface area contributed by atoms with Crippen molar-refractivity contribution in [2.75, 3.05) is 13.3 Å². The fourth-order valence-corrected chi connectivity index (χ4v) is 2.72. The Morgan fingerprint density at radius 1 is 1.23 bits per heavy atom. The van der Waals surface area contributed by atoms with E-state index in [4.69, 9.17) is 0 Å². The van der Waals surface area contributed by atoms with E-state index >= 15 is 0 Å². The Balaban J connectivity index is 2.09. The van der Waals surface area contributed by atoms with Gasteiger partial charge < -0.3 is 0 Å². The largest absolute Gasteiger partial charge is 0.295 e. The van der Waals surface area contributed by atoms with Crippen molar-refractivity contribution in [2.45, 2.75) is 24.4 Å². The topological polar surface area (TPSA) is 46.4 Å². The second kappa shape index (κ2) is 7.42. The van der Waals surface area contributed by atoms with Gasteiger partial charge in [0, 0.05) is 29.6 Å². The fraction of sp³-hybridized carbons (Fsp3) is 0.294. The molecule has 0 aliphatic carbocycles. The standard InChI is InChI=1S/C17H20N2O2S/c1-13(15-5-4-6-16(11-15)19(20)21)18(2)12-14-7-9-17(22-3)10-8-14/h4-11,13H,12H2,1-3H3. The smallest absolute Gasteiger partial charge is 0.269 e. The van der Waals surface area contributed by atoms with Crippen molar-refractivity contribution >= 4 is 17.4 Å². The summed E-state index contributed by atoms with van der Waals surface area (Å²) in [4.78, 5) is 14.0. The van der Waals surface area contributed by atoms with E-state index in [9.17, 15) is 10.1 Å². The summed E-state index contributed by atoms with van der Waals surface area (Å²) in [5.41, 5.74) is 2.33. The van der Waals surface area contributed by atoms with Crippen molar-refractivity contribution in [1.82, 2.24) is 4.90 Å². The van der Waals surface area contributed by atoms with Gasteiger partial charge in [-0.15, -0.1) is 11.8 Å². The van der Waals surface area contributed by atoms with Crippen LogP contribution in [0, 0.1) is 10.1 Å². The molecule has 22 heavy (non-hydrogen) atoms. The Hall–Kier alpha value is -1.85. The molecule has 0 spiro atoms. The van der Waals surface area contributed by atoms with Gasteiger partial charge in [-0.2, -0.15) is 0 Å². The molecule has 0 amide bonds. The van der Waals surface area contributed by atoms with Gasteiger partial charge in [-0.05, 0) is 43.5 Å². The van der Waals surface area contributed by atoms with Crippen LogP contribution in [-0.2, 0) is 6.54 Å². The molecule has 0 bridgehead atoms. The van der Waals surface area contributed by atoms with Gasteiger partial charge in [0.25, 0.3) is 5.69 Å². The van der Waals surface area contributed by atoms with Gasteiger partial charge >= 0.3 is 0 Å². The molecule has 0 radical (unpaired) electrons. The number of hydrogen-bond donors (Lipinski definition) is 0. The SMILES string of the molecule is CSc1ccc(CN(C)C(C)c2cccc([N+](=O)[O-])c2)cc1. The van der Waals surface area contributed by atoms with Crippen LogP contribution in [-0.4, -0.2) is 23.1 Å². The van der Waals surface area contributed by atoms with Crippen LogP contribution in [0.3, 0.4) is 0 Å². The maximum absolute atomic E-state index is 10.9. The summed E-state index contributed by atoms with van der Waals surface area (Å²) >= 11 is 1.73. The van der Waals surface area contributed by atoms with Crippen molar-refractivity contribution in [3.8, 4) is 0 Å². The van der Waals surface area contributed by atoms with Crippen LogP contribution in [0.25, 0.3) is 0 Å². The number of thioether (sulfide) groups is 1. The molecule has 1 atom stereocenters. The minimum absolute atomic E-state index is 0.111. The average molecular weight is 316 g/mol. The fourth-order valence-electron chi connectivity index (χ4n) is 2.31. The summed E-state index contributed by atoms with van der Waals surface area (Å²) in [6.45, 7) is 2.87. The van der Waals surface area contributed by atoms with Gasteiger partial charge in [-0.25, -0.2) is 0 Å². The van der Waals surface area contributed by atoms with E-state index in [2.05, 4.69) is 42.3 Å².